The number of hydrogen-bond donors (Lipinski definition) is 1. The monoisotopic (exact) mass is 288 g/mol. The van der Waals surface area contributed by atoms with Crippen LogP contribution in [0.15, 0.2) is 12.2 Å². The van der Waals surface area contributed by atoms with Crippen molar-refractivity contribution in [3.63, 3.8) is 0 Å². The van der Waals surface area contributed by atoms with Gasteiger partial charge in [-0.1, -0.05) is 57.6 Å². The van der Waals surface area contributed by atoms with Crippen LogP contribution in [0, 0.1) is 0 Å². The molecule has 0 amide bonds. The standard InChI is InChI=1S/C16H30O2.H3P/c1-2-3-4-5-6-7-8-9-10-11-12-13-14-15-16(17)18;/h7-8H,2-6,9-15H2,1H3,(H,17,18);1H3/b8-7-;. The highest BCUT2D eigenvalue weighted by atomic mass is 31.0. The van der Waals surface area contributed by atoms with Crippen LogP contribution in [0.3, 0.4) is 0 Å². The van der Waals surface area contributed by atoms with Crippen LogP contribution in [0.5, 0.6) is 0 Å². The number of aliphatic carboxylic acids is 1. The van der Waals surface area contributed by atoms with Gasteiger partial charge in [-0.2, -0.15) is 9.90 Å². The van der Waals surface area contributed by atoms with E-state index in [1.165, 1.54) is 57.8 Å². The lowest BCUT2D eigenvalue weighted by Gasteiger charge is -1.98. The topological polar surface area (TPSA) is 37.3 Å². The first-order valence-corrected chi connectivity index (χ1v) is 7.64. The molecule has 0 rings (SSSR count). The maximum atomic E-state index is 10.3. The zero-order valence-electron chi connectivity index (χ0n) is 12.7. The Labute approximate surface area is 122 Å². The number of carboxylic acid groups (broad SMARTS) is 1. The highest BCUT2D eigenvalue weighted by Crippen LogP contribution is 2.08. The second-order valence-electron chi connectivity index (χ2n) is 5.02. The summed E-state index contributed by atoms with van der Waals surface area (Å²) in [6.45, 7) is 2.24. The van der Waals surface area contributed by atoms with Gasteiger partial charge in [-0.3, -0.25) is 4.79 Å². The average molecular weight is 288 g/mol. The first-order valence-electron chi connectivity index (χ1n) is 7.64. The van der Waals surface area contributed by atoms with Crippen LogP contribution < -0.4 is 0 Å². The molecule has 0 radical (unpaired) electrons. The quantitative estimate of drug-likeness (QED) is 0.280. The maximum Gasteiger partial charge on any atom is 0.303 e. The lowest BCUT2D eigenvalue weighted by molar-refractivity contribution is -0.137. The van der Waals surface area contributed by atoms with Gasteiger partial charge in [-0.05, 0) is 32.1 Å². The molecule has 0 fully saturated rings. The van der Waals surface area contributed by atoms with Crippen molar-refractivity contribution in [3.05, 3.63) is 12.2 Å². The Morgan fingerprint density at radius 1 is 0.842 bits per heavy atom. The predicted octanol–water partition coefficient (Wildman–Crippen LogP) is 5.39. The van der Waals surface area contributed by atoms with Gasteiger partial charge in [0.2, 0.25) is 0 Å². The maximum absolute atomic E-state index is 10.3. The fourth-order valence-corrected chi connectivity index (χ4v) is 1.99. The SMILES string of the molecule is CCCCCC/C=C\CCCCCCCC(=O)O.P. The average Bonchev–Trinajstić information content (AvgIpc) is 2.34. The van der Waals surface area contributed by atoms with E-state index in [-0.39, 0.29) is 9.90 Å². The summed E-state index contributed by atoms with van der Waals surface area (Å²) >= 11 is 0. The van der Waals surface area contributed by atoms with Gasteiger partial charge in [-0.15, -0.1) is 0 Å². The van der Waals surface area contributed by atoms with Crippen LogP contribution in [0.4, 0.5) is 0 Å². The molecule has 0 heterocycles. The van der Waals surface area contributed by atoms with E-state index in [4.69, 9.17) is 5.11 Å². The summed E-state index contributed by atoms with van der Waals surface area (Å²) in [5.74, 6) is -0.666. The predicted molar refractivity (Wildman–Crippen MR) is 89.0 cm³/mol. The summed E-state index contributed by atoms with van der Waals surface area (Å²) in [5.41, 5.74) is 0. The first kappa shape index (κ1) is 20.9. The summed E-state index contributed by atoms with van der Waals surface area (Å²) in [7, 11) is 0. The minimum absolute atomic E-state index is 0. The third-order valence-electron chi connectivity index (χ3n) is 3.15. The van der Waals surface area contributed by atoms with Crippen molar-refractivity contribution in [2.45, 2.75) is 84.0 Å². The third-order valence-corrected chi connectivity index (χ3v) is 3.15. The molecule has 0 aromatic heterocycles. The minimum Gasteiger partial charge on any atom is -0.481 e. The van der Waals surface area contributed by atoms with Gasteiger partial charge in [0, 0.05) is 6.42 Å². The number of hydrogen-bond acceptors (Lipinski definition) is 1. The number of carbonyl (C=O) groups is 1. The van der Waals surface area contributed by atoms with E-state index in [1.807, 2.05) is 0 Å². The van der Waals surface area contributed by atoms with Gasteiger partial charge in [0.15, 0.2) is 0 Å². The molecule has 0 aliphatic heterocycles. The van der Waals surface area contributed by atoms with Gasteiger partial charge >= 0.3 is 5.97 Å². The van der Waals surface area contributed by atoms with Crippen LogP contribution in [0.1, 0.15) is 84.0 Å². The molecule has 0 bridgehead atoms. The molecule has 114 valence electrons. The summed E-state index contributed by atoms with van der Waals surface area (Å²) in [5, 5.41) is 8.48. The number of rotatable bonds is 13. The van der Waals surface area contributed by atoms with E-state index in [0.29, 0.717) is 6.42 Å². The van der Waals surface area contributed by atoms with Crippen LogP contribution in [-0.4, -0.2) is 11.1 Å². The molecule has 2 nitrogen and oxygen atoms in total. The number of carboxylic acids is 1. The van der Waals surface area contributed by atoms with Crippen molar-refractivity contribution in [2.24, 2.45) is 0 Å². The zero-order chi connectivity index (χ0) is 13.5. The van der Waals surface area contributed by atoms with E-state index >= 15 is 0 Å². The van der Waals surface area contributed by atoms with Crippen LogP contribution in [0.25, 0.3) is 0 Å². The van der Waals surface area contributed by atoms with E-state index in [1.54, 1.807) is 0 Å². The van der Waals surface area contributed by atoms with Gasteiger partial charge in [-0.25, -0.2) is 0 Å². The molecule has 0 spiro atoms. The molecule has 0 aromatic rings. The van der Waals surface area contributed by atoms with E-state index in [0.717, 1.165) is 12.8 Å². The number of allylic oxidation sites excluding steroid dienone is 2. The second-order valence-corrected chi connectivity index (χ2v) is 5.02. The molecule has 1 N–H and O–H groups in total. The lowest BCUT2D eigenvalue weighted by atomic mass is 10.1. The fraction of sp³-hybridized carbons (Fsp3) is 0.812. The summed E-state index contributed by atoms with van der Waals surface area (Å²) in [6, 6.07) is 0. The Morgan fingerprint density at radius 3 is 1.84 bits per heavy atom. The summed E-state index contributed by atoms with van der Waals surface area (Å²) in [6.07, 6.45) is 18.3. The van der Waals surface area contributed by atoms with Crippen molar-refractivity contribution < 1.29 is 9.90 Å². The van der Waals surface area contributed by atoms with Gasteiger partial charge < -0.3 is 5.11 Å². The molecule has 0 aliphatic rings. The van der Waals surface area contributed by atoms with Crippen LogP contribution >= 0.6 is 9.90 Å². The van der Waals surface area contributed by atoms with Gasteiger partial charge in [0.1, 0.15) is 0 Å². The summed E-state index contributed by atoms with van der Waals surface area (Å²) < 4.78 is 0. The molecule has 3 heteroatoms. The van der Waals surface area contributed by atoms with Crippen LogP contribution in [0.2, 0.25) is 0 Å². The van der Waals surface area contributed by atoms with E-state index in [2.05, 4.69) is 19.1 Å². The van der Waals surface area contributed by atoms with Crippen LogP contribution in [-0.2, 0) is 4.79 Å². The van der Waals surface area contributed by atoms with E-state index < -0.39 is 5.97 Å². The molecule has 1 unspecified atom stereocenters. The first-order chi connectivity index (χ1) is 8.77. The van der Waals surface area contributed by atoms with Crippen molar-refractivity contribution in [1.29, 1.82) is 0 Å². The zero-order valence-corrected chi connectivity index (χ0v) is 14.1. The molecule has 1 atom stereocenters. The lowest BCUT2D eigenvalue weighted by Crippen LogP contribution is -1.93. The highest BCUT2D eigenvalue weighted by Gasteiger charge is 1.95. The molecular weight excluding hydrogens is 255 g/mol. The largest absolute Gasteiger partial charge is 0.481 e. The van der Waals surface area contributed by atoms with Crippen molar-refractivity contribution in [1.82, 2.24) is 0 Å². The Kier molecular flexibility index (Phi) is 19.4. The second kappa shape index (κ2) is 17.6. The Bertz CT molecular complexity index is 215. The van der Waals surface area contributed by atoms with Gasteiger partial charge in [0.05, 0.1) is 0 Å². The molecule has 0 aromatic carbocycles. The normalized spacial score (nSPS) is 10.6. The Balaban J connectivity index is 0. The van der Waals surface area contributed by atoms with Crippen molar-refractivity contribution in [3.8, 4) is 0 Å². The third kappa shape index (κ3) is 20.1. The van der Waals surface area contributed by atoms with Gasteiger partial charge in [0.25, 0.3) is 0 Å². The molecule has 0 aliphatic carbocycles. The van der Waals surface area contributed by atoms with Crippen molar-refractivity contribution in [2.75, 3.05) is 0 Å². The minimum atomic E-state index is -0.666. The Morgan fingerprint density at radius 2 is 1.32 bits per heavy atom. The Hall–Kier alpha value is -0.360. The number of unbranched alkanes of at least 4 members (excludes halogenated alkanes) is 9. The smallest absolute Gasteiger partial charge is 0.303 e. The van der Waals surface area contributed by atoms with Crippen molar-refractivity contribution >= 4 is 15.9 Å². The molecule has 0 saturated carbocycles. The molecular formula is C16H33O2P. The highest BCUT2D eigenvalue weighted by molar-refractivity contribution is 6.92. The molecule has 19 heavy (non-hydrogen) atoms. The summed E-state index contributed by atoms with van der Waals surface area (Å²) in [4.78, 5) is 10.3. The fourth-order valence-electron chi connectivity index (χ4n) is 1.99. The van der Waals surface area contributed by atoms with E-state index in [9.17, 15) is 4.79 Å². The molecule has 0 saturated heterocycles.